The highest BCUT2D eigenvalue weighted by molar-refractivity contribution is 5.51. The molecule has 0 saturated heterocycles. The molecule has 35 heavy (non-hydrogen) atoms. The first-order valence-electron chi connectivity index (χ1n) is 11.9. The summed E-state index contributed by atoms with van der Waals surface area (Å²) < 4.78 is 2.25. The molecule has 5 aromatic rings. The van der Waals surface area contributed by atoms with Crippen LogP contribution < -0.4 is 0 Å². The van der Waals surface area contributed by atoms with Gasteiger partial charge in [0.1, 0.15) is 5.54 Å². The summed E-state index contributed by atoms with van der Waals surface area (Å²) in [6, 6.07) is 40.4. The van der Waals surface area contributed by atoms with E-state index in [9.17, 15) is 0 Å². The maximum atomic E-state index is 5.84. The van der Waals surface area contributed by atoms with Crippen molar-refractivity contribution in [3.8, 4) is 12.3 Å². The second-order valence-electron chi connectivity index (χ2n) is 8.83. The van der Waals surface area contributed by atoms with Gasteiger partial charge in [0.25, 0.3) is 0 Å². The maximum Gasteiger partial charge on any atom is 0.121 e. The predicted molar refractivity (Wildman–Crippen MR) is 143 cm³/mol. The van der Waals surface area contributed by atoms with Crippen LogP contribution in [0.1, 0.15) is 45.8 Å². The van der Waals surface area contributed by atoms with E-state index in [0.29, 0.717) is 6.42 Å². The third kappa shape index (κ3) is 4.07. The number of hydrogen-bond acceptors (Lipinski definition) is 1. The van der Waals surface area contributed by atoms with Crippen LogP contribution in [-0.4, -0.2) is 9.55 Å². The van der Waals surface area contributed by atoms with Gasteiger partial charge in [-0.3, -0.25) is 0 Å². The Morgan fingerprint density at radius 1 is 0.743 bits per heavy atom. The minimum absolute atomic E-state index is 0.0301. The van der Waals surface area contributed by atoms with E-state index in [4.69, 9.17) is 11.4 Å². The van der Waals surface area contributed by atoms with Gasteiger partial charge in [0, 0.05) is 18.5 Å². The summed E-state index contributed by atoms with van der Waals surface area (Å²) in [5.74, 6) is 2.92. The Labute approximate surface area is 207 Å². The zero-order valence-corrected chi connectivity index (χ0v) is 19.9. The number of imidazole rings is 1. The molecule has 4 aromatic carbocycles. The standard InChI is InChI=1S/C33H28N2/c1-3-15-31(30-23-14-13-16-26(30)2)32-24-35(25-34-32)33(27-17-7-4-8-18-27,28-19-9-5-10-20-28)29-21-11-6-12-22-29/h1,4-14,16-25,31H,15H2,2H3. The first-order valence-corrected chi connectivity index (χ1v) is 11.9. The normalized spacial score (nSPS) is 12.1. The minimum Gasteiger partial charge on any atom is -0.319 e. The summed E-state index contributed by atoms with van der Waals surface area (Å²) >= 11 is 0. The van der Waals surface area contributed by atoms with E-state index in [1.54, 1.807) is 0 Å². The van der Waals surface area contributed by atoms with E-state index in [0.717, 1.165) is 5.69 Å². The lowest BCUT2D eigenvalue weighted by molar-refractivity contribution is 0.514. The van der Waals surface area contributed by atoms with Crippen LogP contribution in [0.3, 0.4) is 0 Å². The molecule has 0 aliphatic rings. The molecule has 0 bridgehead atoms. The van der Waals surface area contributed by atoms with Crippen molar-refractivity contribution in [3.63, 3.8) is 0 Å². The van der Waals surface area contributed by atoms with Gasteiger partial charge in [0.2, 0.25) is 0 Å². The average Bonchev–Trinajstić information content (AvgIpc) is 3.40. The van der Waals surface area contributed by atoms with Crippen molar-refractivity contribution in [2.24, 2.45) is 0 Å². The molecule has 0 aliphatic carbocycles. The lowest BCUT2D eigenvalue weighted by atomic mass is 9.76. The van der Waals surface area contributed by atoms with Gasteiger partial charge in [0.05, 0.1) is 12.0 Å². The lowest BCUT2D eigenvalue weighted by Gasteiger charge is -2.37. The van der Waals surface area contributed by atoms with E-state index >= 15 is 0 Å². The second kappa shape index (κ2) is 9.87. The van der Waals surface area contributed by atoms with E-state index in [1.165, 1.54) is 27.8 Å². The molecule has 0 N–H and O–H groups in total. The highest BCUT2D eigenvalue weighted by Gasteiger charge is 2.38. The summed E-state index contributed by atoms with van der Waals surface area (Å²) in [5, 5.41) is 0. The van der Waals surface area contributed by atoms with Crippen molar-refractivity contribution in [1.29, 1.82) is 0 Å². The third-order valence-electron chi connectivity index (χ3n) is 6.81. The van der Waals surface area contributed by atoms with Gasteiger partial charge >= 0.3 is 0 Å². The number of aryl methyl sites for hydroxylation is 1. The second-order valence-corrected chi connectivity index (χ2v) is 8.83. The first kappa shape index (κ1) is 22.4. The Kier molecular flexibility index (Phi) is 6.33. The largest absolute Gasteiger partial charge is 0.319 e. The molecule has 0 aliphatic heterocycles. The molecule has 2 heteroatoms. The number of rotatable bonds is 7. The molecule has 5 rings (SSSR count). The molecular formula is C33H28N2. The molecule has 1 heterocycles. The Hall–Kier alpha value is -4.35. The van der Waals surface area contributed by atoms with Crippen molar-refractivity contribution in [2.75, 3.05) is 0 Å². The fraction of sp³-hybridized carbons (Fsp3) is 0.121. The van der Waals surface area contributed by atoms with Gasteiger partial charge in [-0.1, -0.05) is 115 Å². The summed E-state index contributed by atoms with van der Waals surface area (Å²) in [7, 11) is 0. The van der Waals surface area contributed by atoms with Gasteiger partial charge in [0.15, 0.2) is 0 Å². The van der Waals surface area contributed by atoms with Crippen LogP contribution in [-0.2, 0) is 5.54 Å². The molecule has 0 spiro atoms. The molecule has 170 valence electrons. The summed E-state index contributed by atoms with van der Waals surface area (Å²) in [6.45, 7) is 2.14. The highest BCUT2D eigenvalue weighted by atomic mass is 15.1. The smallest absolute Gasteiger partial charge is 0.121 e. The minimum atomic E-state index is -0.582. The van der Waals surface area contributed by atoms with Crippen molar-refractivity contribution in [2.45, 2.75) is 24.8 Å². The molecule has 1 unspecified atom stereocenters. The van der Waals surface area contributed by atoms with Gasteiger partial charge in [-0.15, -0.1) is 12.3 Å². The predicted octanol–water partition coefficient (Wildman–Crippen LogP) is 7.19. The van der Waals surface area contributed by atoms with E-state index in [-0.39, 0.29) is 5.92 Å². The molecule has 0 saturated carbocycles. The van der Waals surface area contributed by atoms with Crippen molar-refractivity contribution < 1.29 is 0 Å². The van der Waals surface area contributed by atoms with E-state index in [2.05, 4.69) is 139 Å². The number of benzene rings is 4. The molecule has 1 atom stereocenters. The molecular weight excluding hydrogens is 424 g/mol. The Bertz CT molecular complexity index is 1330. The monoisotopic (exact) mass is 452 g/mol. The Morgan fingerprint density at radius 3 is 1.71 bits per heavy atom. The molecule has 0 amide bonds. The van der Waals surface area contributed by atoms with Crippen LogP contribution in [0, 0.1) is 19.3 Å². The topological polar surface area (TPSA) is 17.8 Å². The number of hydrogen-bond donors (Lipinski definition) is 0. The maximum absolute atomic E-state index is 5.84. The third-order valence-corrected chi connectivity index (χ3v) is 6.81. The van der Waals surface area contributed by atoms with Crippen LogP contribution in [0.2, 0.25) is 0 Å². The van der Waals surface area contributed by atoms with Gasteiger partial charge in [-0.2, -0.15) is 0 Å². The van der Waals surface area contributed by atoms with Crippen molar-refractivity contribution >= 4 is 0 Å². The van der Waals surface area contributed by atoms with Gasteiger partial charge < -0.3 is 4.57 Å². The Balaban J connectivity index is 1.77. The van der Waals surface area contributed by atoms with Crippen LogP contribution in [0.5, 0.6) is 0 Å². The van der Waals surface area contributed by atoms with E-state index < -0.39 is 5.54 Å². The van der Waals surface area contributed by atoms with Crippen LogP contribution in [0.4, 0.5) is 0 Å². The SMILES string of the molecule is C#CCC(c1cn(C(c2ccccc2)(c2ccccc2)c2ccccc2)cn1)c1ccccc1C. The zero-order chi connectivity index (χ0) is 24.1. The van der Waals surface area contributed by atoms with Crippen LogP contribution >= 0.6 is 0 Å². The first-order chi connectivity index (χ1) is 17.2. The molecule has 1 aromatic heterocycles. The number of aromatic nitrogens is 2. The average molecular weight is 453 g/mol. The zero-order valence-electron chi connectivity index (χ0n) is 19.9. The van der Waals surface area contributed by atoms with Crippen LogP contribution in [0.25, 0.3) is 0 Å². The fourth-order valence-corrected chi connectivity index (χ4v) is 5.16. The quantitative estimate of drug-likeness (QED) is 0.189. The van der Waals surface area contributed by atoms with Gasteiger partial charge in [-0.05, 0) is 34.7 Å². The summed E-state index contributed by atoms with van der Waals surface area (Å²) in [4.78, 5) is 4.96. The highest BCUT2D eigenvalue weighted by Crippen LogP contribution is 2.41. The van der Waals surface area contributed by atoms with Crippen molar-refractivity contribution in [1.82, 2.24) is 9.55 Å². The molecule has 0 fully saturated rings. The van der Waals surface area contributed by atoms with Gasteiger partial charge in [-0.25, -0.2) is 4.98 Å². The Morgan fingerprint density at radius 2 is 1.23 bits per heavy atom. The fourth-order valence-electron chi connectivity index (χ4n) is 5.16. The summed E-state index contributed by atoms with van der Waals surface area (Å²) in [5.41, 5.74) is 6.36. The lowest BCUT2D eigenvalue weighted by Crippen LogP contribution is -2.37. The van der Waals surface area contributed by atoms with Crippen molar-refractivity contribution in [3.05, 3.63) is 161 Å². The summed E-state index contributed by atoms with van der Waals surface area (Å²) in [6.07, 6.45) is 10.6. The van der Waals surface area contributed by atoms with Crippen LogP contribution in [0.15, 0.2) is 128 Å². The number of terminal acetylenes is 1. The molecule has 0 radical (unpaired) electrons. The number of nitrogens with zero attached hydrogens (tertiary/aromatic N) is 2. The molecule has 2 nitrogen and oxygen atoms in total. The van der Waals surface area contributed by atoms with E-state index in [1.807, 2.05) is 6.33 Å².